The van der Waals surface area contributed by atoms with Crippen molar-refractivity contribution < 1.29 is 9.53 Å². The van der Waals surface area contributed by atoms with Gasteiger partial charge in [-0.3, -0.25) is 4.79 Å². The summed E-state index contributed by atoms with van der Waals surface area (Å²) in [5.74, 6) is 0.348. The first-order valence-corrected chi connectivity index (χ1v) is 6.02. The lowest BCUT2D eigenvalue weighted by Crippen LogP contribution is -2.40. The van der Waals surface area contributed by atoms with Crippen molar-refractivity contribution in [1.29, 1.82) is 0 Å². The van der Waals surface area contributed by atoms with Crippen molar-refractivity contribution in [1.82, 2.24) is 4.90 Å². The lowest BCUT2D eigenvalue weighted by Gasteiger charge is -2.34. The van der Waals surface area contributed by atoms with Gasteiger partial charge in [-0.05, 0) is 24.9 Å². The molecule has 0 radical (unpaired) electrons. The predicted octanol–water partition coefficient (Wildman–Crippen LogP) is 1.89. The molecule has 1 fully saturated rings. The molecule has 0 aromatic heterocycles. The summed E-state index contributed by atoms with van der Waals surface area (Å²) in [7, 11) is 3.53. The zero-order valence-electron chi connectivity index (χ0n) is 10.4. The van der Waals surface area contributed by atoms with Crippen LogP contribution in [0.2, 0.25) is 0 Å². The highest BCUT2D eigenvalue weighted by Crippen LogP contribution is 2.29. The zero-order valence-corrected chi connectivity index (χ0v) is 10.4. The molecule has 17 heavy (non-hydrogen) atoms. The Morgan fingerprint density at radius 1 is 1.29 bits per heavy atom. The van der Waals surface area contributed by atoms with Crippen LogP contribution in [0.1, 0.15) is 17.9 Å². The van der Waals surface area contributed by atoms with Crippen molar-refractivity contribution in [2.24, 2.45) is 5.92 Å². The number of esters is 1. The van der Waals surface area contributed by atoms with Crippen molar-refractivity contribution in [2.45, 2.75) is 12.3 Å². The number of piperidine rings is 1. The zero-order chi connectivity index (χ0) is 12.3. The molecule has 1 aliphatic heterocycles. The topological polar surface area (TPSA) is 29.5 Å². The highest BCUT2D eigenvalue weighted by Gasteiger charge is 2.31. The van der Waals surface area contributed by atoms with E-state index in [1.165, 1.54) is 12.7 Å². The van der Waals surface area contributed by atoms with E-state index >= 15 is 0 Å². The summed E-state index contributed by atoms with van der Waals surface area (Å²) in [6, 6.07) is 10.4. The van der Waals surface area contributed by atoms with Gasteiger partial charge in [0.1, 0.15) is 0 Å². The van der Waals surface area contributed by atoms with Crippen LogP contribution in [0.4, 0.5) is 0 Å². The number of hydrogen-bond acceptors (Lipinski definition) is 3. The van der Waals surface area contributed by atoms with Gasteiger partial charge in [-0.15, -0.1) is 0 Å². The first kappa shape index (κ1) is 12.1. The first-order chi connectivity index (χ1) is 8.20. The number of ether oxygens (including phenoxy) is 1. The predicted molar refractivity (Wildman–Crippen MR) is 66.8 cm³/mol. The Morgan fingerprint density at radius 2 is 2.00 bits per heavy atom. The fourth-order valence-corrected chi connectivity index (χ4v) is 2.62. The maximum atomic E-state index is 11.6. The standard InChI is InChI=1S/C14H19NO2/c1-15-9-12(11-6-4-3-5-7-11)8-13(10-15)14(16)17-2/h3-7,12-13H,8-10H2,1-2H3/t12-,13-/m0/s1. The maximum absolute atomic E-state index is 11.6. The monoisotopic (exact) mass is 233 g/mol. The number of likely N-dealkylation sites (tertiary alicyclic amines) is 1. The number of hydrogen-bond donors (Lipinski definition) is 0. The smallest absolute Gasteiger partial charge is 0.309 e. The Hall–Kier alpha value is -1.35. The Morgan fingerprint density at radius 3 is 2.65 bits per heavy atom. The van der Waals surface area contributed by atoms with Gasteiger partial charge in [0.2, 0.25) is 0 Å². The molecule has 92 valence electrons. The minimum atomic E-state index is -0.0857. The molecule has 0 bridgehead atoms. The average molecular weight is 233 g/mol. The van der Waals surface area contributed by atoms with E-state index in [1.807, 2.05) is 6.07 Å². The van der Waals surface area contributed by atoms with Crippen LogP contribution < -0.4 is 0 Å². The van der Waals surface area contributed by atoms with Gasteiger partial charge in [0.05, 0.1) is 13.0 Å². The number of benzene rings is 1. The highest BCUT2D eigenvalue weighted by atomic mass is 16.5. The van der Waals surface area contributed by atoms with E-state index in [9.17, 15) is 4.79 Å². The van der Waals surface area contributed by atoms with Crippen LogP contribution in [-0.4, -0.2) is 38.1 Å². The normalized spacial score (nSPS) is 25.5. The molecule has 2 atom stereocenters. The van der Waals surface area contributed by atoms with Crippen LogP contribution in [0.25, 0.3) is 0 Å². The van der Waals surface area contributed by atoms with E-state index < -0.39 is 0 Å². The molecule has 3 nitrogen and oxygen atoms in total. The minimum Gasteiger partial charge on any atom is -0.469 e. The van der Waals surface area contributed by atoms with Gasteiger partial charge in [-0.25, -0.2) is 0 Å². The van der Waals surface area contributed by atoms with Crippen molar-refractivity contribution in [3.63, 3.8) is 0 Å². The van der Waals surface area contributed by atoms with Gasteiger partial charge >= 0.3 is 5.97 Å². The molecule has 1 saturated heterocycles. The summed E-state index contributed by atoms with van der Waals surface area (Å²) in [4.78, 5) is 13.9. The molecule has 0 N–H and O–H groups in total. The summed E-state index contributed by atoms with van der Waals surface area (Å²) in [5, 5.41) is 0. The highest BCUT2D eigenvalue weighted by molar-refractivity contribution is 5.72. The quantitative estimate of drug-likeness (QED) is 0.731. The molecule has 1 aromatic carbocycles. The van der Waals surface area contributed by atoms with Crippen molar-refractivity contribution in [2.75, 3.05) is 27.2 Å². The Balaban J connectivity index is 2.11. The molecule has 1 aliphatic rings. The molecular formula is C14H19NO2. The van der Waals surface area contributed by atoms with Crippen LogP contribution in [0.3, 0.4) is 0 Å². The van der Waals surface area contributed by atoms with Crippen molar-refractivity contribution in [3.8, 4) is 0 Å². The summed E-state index contributed by atoms with van der Waals surface area (Å²) in [6.07, 6.45) is 0.890. The van der Waals surface area contributed by atoms with E-state index in [-0.39, 0.29) is 11.9 Å². The van der Waals surface area contributed by atoms with E-state index in [0.29, 0.717) is 5.92 Å². The lowest BCUT2D eigenvalue weighted by atomic mass is 9.85. The first-order valence-electron chi connectivity index (χ1n) is 6.02. The van der Waals surface area contributed by atoms with Gasteiger partial charge in [0.25, 0.3) is 0 Å². The second-order valence-electron chi connectivity index (χ2n) is 4.78. The number of carbonyl (C=O) groups excluding carboxylic acids is 1. The Bertz CT molecular complexity index is 377. The van der Waals surface area contributed by atoms with Crippen LogP contribution in [0.5, 0.6) is 0 Å². The molecule has 0 unspecified atom stereocenters. The number of methoxy groups -OCH3 is 1. The molecular weight excluding hydrogens is 214 g/mol. The third-order valence-corrected chi connectivity index (χ3v) is 3.44. The Labute approximate surface area is 102 Å². The number of rotatable bonds is 2. The van der Waals surface area contributed by atoms with Crippen LogP contribution in [0.15, 0.2) is 30.3 Å². The fourth-order valence-electron chi connectivity index (χ4n) is 2.62. The molecule has 2 rings (SSSR count). The Kier molecular flexibility index (Phi) is 3.79. The molecule has 1 heterocycles. The molecule has 0 aliphatic carbocycles. The maximum Gasteiger partial charge on any atom is 0.309 e. The second kappa shape index (κ2) is 5.32. The minimum absolute atomic E-state index is 0.00366. The van der Waals surface area contributed by atoms with E-state index in [2.05, 4.69) is 36.2 Å². The number of nitrogens with zero attached hydrogens (tertiary/aromatic N) is 1. The van der Waals surface area contributed by atoms with Crippen LogP contribution >= 0.6 is 0 Å². The largest absolute Gasteiger partial charge is 0.469 e. The summed E-state index contributed by atoms with van der Waals surface area (Å²) in [6.45, 7) is 1.81. The number of carbonyl (C=O) groups is 1. The van der Waals surface area contributed by atoms with E-state index in [4.69, 9.17) is 4.74 Å². The van der Waals surface area contributed by atoms with Gasteiger partial charge in [0.15, 0.2) is 0 Å². The van der Waals surface area contributed by atoms with Gasteiger partial charge in [-0.2, -0.15) is 0 Å². The summed E-state index contributed by atoms with van der Waals surface area (Å²) < 4.78 is 4.86. The number of likely N-dealkylation sites (N-methyl/N-ethyl adjacent to an activating group) is 1. The molecule has 0 amide bonds. The van der Waals surface area contributed by atoms with Gasteiger partial charge < -0.3 is 9.64 Å². The SMILES string of the molecule is COC(=O)[C@H]1C[C@H](c2ccccc2)CN(C)C1. The molecule has 3 heteroatoms. The second-order valence-corrected chi connectivity index (χ2v) is 4.78. The third-order valence-electron chi connectivity index (χ3n) is 3.44. The van der Waals surface area contributed by atoms with Gasteiger partial charge in [-0.1, -0.05) is 30.3 Å². The summed E-state index contributed by atoms with van der Waals surface area (Å²) >= 11 is 0. The van der Waals surface area contributed by atoms with E-state index in [0.717, 1.165) is 19.5 Å². The molecule has 0 saturated carbocycles. The van der Waals surface area contributed by atoms with Crippen molar-refractivity contribution in [3.05, 3.63) is 35.9 Å². The molecule has 0 spiro atoms. The van der Waals surface area contributed by atoms with Crippen LogP contribution in [0, 0.1) is 5.92 Å². The van der Waals surface area contributed by atoms with Gasteiger partial charge in [0, 0.05) is 13.1 Å². The van der Waals surface area contributed by atoms with Crippen molar-refractivity contribution >= 4 is 5.97 Å². The van der Waals surface area contributed by atoms with Crippen LogP contribution in [-0.2, 0) is 9.53 Å². The summed E-state index contributed by atoms with van der Waals surface area (Å²) in [5.41, 5.74) is 1.31. The third kappa shape index (κ3) is 2.86. The van der Waals surface area contributed by atoms with E-state index in [1.54, 1.807) is 0 Å². The fraction of sp³-hybridized carbons (Fsp3) is 0.500. The average Bonchev–Trinajstić information content (AvgIpc) is 2.38. The molecule has 1 aromatic rings. The lowest BCUT2D eigenvalue weighted by molar-refractivity contribution is -0.147.